The van der Waals surface area contributed by atoms with Gasteiger partial charge >= 0.3 is 5.76 Å². The van der Waals surface area contributed by atoms with E-state index in [1.807, 2.05) is 13.0 Å². The van der Waals surface area contributed by atoms with Gasteiger partial charge in [-0.05, 0) is 44.0 Å². The van der Waals surface area contributed by atoms with Crippen molar-refractivity contribution < 1.29 is 22.0 Å². The van der Waals surface area contributed by atoms with Gasteiger partial charge in [-0.15, -0.1) is 0 Å². The molecule has 1 atom stereocenters. The average Bonchev–Trinajstić information content (AvgIpc) is 2.68. The molecule has 3 rings (SSSR count). The Morgan fingerprint density at radius 3 is 2.68 bits per heavy atom. The first kappa shape index (κ1) is 20.2. The molecular weight excluding hydrogens is 388 g/mol. The molecule has 1 amide bonds. The second-order valence-electron chi connectivity index (χ2n) is 6.71. The van der Waals surface area contributed by atoms with Gasteiger partial charge in [-0.3, -0.25) is 4.79 Å². The van der Waals surface area contributed by atoms with Crippen molar-refractivity contribution in [2.45, 2.75) is 30.4 Å². The van der Waals surface area contributed by atoms with Crippen molar-refractivity contribution in [2.24, 2.45) is 5.92 Å². The van der Waals surface area contributed by atoms with E-state index >= 15 is 0 Å². The van der Waals surface area contributed by atoms with Crippen LogP contribution in [0.2, 0.25) is 0 Å². The number of halogens is 2. The molecule has 9 heteroatoms. The molecule has 1 fully saturated rings. The molecule has 2 aromatic rings. The molecule has 0 bridgehead atoms. The van der Waals surface area contributed by atoms with Crippen LogP contribution in [0.15, 0.2) is 47.4 Å². The highest BCUT2D eigenvalue weighted by molar-refractivity contribution is 7.91. The predicted octanol–water partition coefficient (Wildman–Crippen LogP) is 3.24. The number of nitrogens with one attached hydrogen (secondary N) is 1. The van der Waals surface area contributed by atoms with Crippen molar-refractivity contribution >= 4 is 27.2 Å². The lowest BCUT2D eigenvalue weighted by Crippen LogP contribution is -2.41. The largest absolute Gasteiger partial charge is 0.370 e. The zero-order valence-corrected chi connectivity index (χ0v) is 16.1. The van der Waals surface area contributed by atoms with Crippen molar-refractivity contribution in [1.82, 2.24) is 4.98 Å². The van der Waals surface area contributed by atoms with Gasteiger partial charge in [0.1, 0.15) is 5.82 Å². The number of para-hydroxylation sites is 1. The molecule has 1 aliphatic heterocycles. The smallest absolute Gasteiger partial charge is 0.341 e. The lowest BCUT2D eigenvalue weighted by Gasteiger charge is -2.34. The molecule has 1 aromatic heterocycles. The van der Waals surface area contributed by atoms with E-state index in [0.717, 1.165) is 5.69 Å². The minimum Gasteiger partial charge on any atom is -0.370 e. The first-order valence-corrected chi connectivity index (χ1v) is 10.4. The first-order chi connectivity index (χ1) is 13.3. The number of aryl methyl sites for hydroxylation is 1. The number of amides is 1. The molecule has 0 saturated carbocycles. The van der Waals surface area contributed by atoms with Crippen molar-refractivity contribution in [3.8, 4) is 0 Å². The van der Waals surface area contributed by atoms with Crippen molar-refractivity contribution in [3.05, 3.63) is 48.2 Å². The Balaban J connectivity index is 1.80. The highest BCUT2D eigenvalue weighted by Crippen LogP contribution is 2.32. The fraction of sp³-hybridized carbons (Fsp3) is 0.368. The number of pyridine rings is 1. The number of nitrogens with zero attached hydrogens (tertiary/aromatic N) is 2. The van der Waals surface area contributed by atoms with Gasteiger partial charge in [0.15, 0.2) is 0 Å². The SMILES string of the molecule is Cc1cccc(NC(=O)C2CCCN(c3ccccc3S(=O)(=O)C(F)F)C2)n1. The van der Waals surface area contributed by atoms with Gasteiger partial charge < -0.3 is 10.2 Å². The molecule has 1 aromatic carbocycles. The van der Waals surface area contributed by atoms with Crippen LogP contribution in [-0.4, -0.2) is 38.2 Å². The lowest BCUT2D eigenvalue weighted by atomic mass is 9.96. The van der Waals surface area contributed by atoms with E-state index in [1.165, 1.54) is 18.2 Å². The number of piperidine rings is 1. The van der Waals surface area contributed by atoms with Crippen LogP contribution in [0.5, 0.6) is 0 Å². The highest BCUT2D eigenvalue weighted by Gasteiger charge is 2.33. The fourth-order valence-corrected chi connectivity index (χ4v) is 4.25. The zero-order chi connectivity index (χ0) is 20.3. The first-order valence-electron chi connectivity index (χ1n) is 8.89. The Kier molecular flexibility index (Phi) is 5.93. The van der Waals surface area contributed by atoms with E-state index in [0.29, 0.717) is 25.2 Å². The topological polar surface area (TPSA) is 79.4 Å². The molecule has 1 saturated heterocycles. The molecule has 6 nitrogen and oxygen atoms in total. The summed E-state index contributed by atoms with van der Waals surface area (Å²) >= 11 is 0. The van der Waals surface area contributed by atoms with Crippen LogP contribution in [0.25, 0.3) is 0 Å². The van der Waals surface area contributed by atoms with Gasteiger partial charge in [-0.2, -0.15) is 8.78 Å². The molecule has 150 valence electrons. The number of hydrogen-bond donors (Lipinski definition) is 1. The summed E-state index contributed by atoms with van der Waals surface area (Å²) in [4.78, 5) is 18.1. The van der Waals surface area contributed by atoms with Crippen LogP contribution < -0.4 is 10.2 Å². The molecule has 2 heterocycles. The van der Waals surface area contributed by atoms with E-state index in [-0.39, 0.29) is 18.1 Å². The number of anilines is 2. The van der Waals surface area contributed by atoms with Crippen LogP contribution in [0.3, 0.4) is 0 Å². The molecule has 1 aliphatic rings. The van der Waals surface area contributed by atoms with Crippen LogP contribution in [0.1, 0.15) is 18.5 Å². The predicted molar refractivity (Wildman–Crippen MR) is 102 cm³/mol. The molecule has 1 N–H and O–H groups in total. The molecule has 28 heavy (non-hydrogen) atoms. The molecule has 0 spiro atoms. The van der Waals surface area contributed by atoms with E-state index in [1.54, 1.807) is 23.1 Å². The Labute approximate surface area is 162 Å². The number of carbonyl (C=O) groups excluding carboxylic acids is 1. The van der Waals surface area contributed by atoms with Crippen molar-refractivity contribution in [2.75, 3.05) is 23.3 Å². The number of rotatable bonds is 5. The number of hydrogen-bond acceptors (Lipinski definition) is 5. The minimum atomic E-state index is -4.73. The lowest BCUT2D eigenvalue weighted by molar-refractivity contribution is -0.120. The number of sulfone groups is 1. The normalized spacial score (nSPS) is 17.6. The van der Waals surface area contributed by atoms with Gasteiger partial charge in [0.05, 0.1) is 16.5 Å². The summed E-state index contributed by atoms with van der Waals surface area (Å²) in [6, 6.07) is 11.0. The maximum absolute atomic E-state index is 13.0. The quantitative estimate of drug-likeness (QED) is 0.820. The Morgan fingerprint density at radius 1 is 1.21 bits per heavy atom. The summed E-state index contributed by atoms with van der Waals surface area (Å²) in [5, 5.41) is 2.77. The summed E-state index contributed by atoms with van der Waals surface area (Å²) in [5.74, 6) is -3.68. The number of aromatic nitrogens is 1. The molecule has 1 unspecified atom stereocenters. The Morgan fingerprint density at radius 2 is 1.96 bits per heavy atom. The van der Waals surface area contributed by atoms with E-state index < -0.39 is 26.4 Å². The van der Waals surface area contributed by atoms with Gasteiger partial charge in [0.25, 0.3) is 0 Å². The average molecular weight is 409 g/mol. The molecule has 0 radical (unpaired) electrons. The third-order valence-electron chi connectivity index (χ3n) is 4.68. The maximum Gasteiger partial charge on any atom is 0.341 e. The van der Waals surface area contributed by atoms with E-state index in [2.05, 4.69) is 10.3 Å². The van der Waals surface area contributed by atoms with Gasteiger partial charge in [-0.25, -0.2) is 13.4 Å². The van der Waals surface area contributed by atoms with Crippen LogP contribution in [0, 0.1) is 12.8 Å². The summed E-state index contributed by atoms with van der Waals surface area (Å²) in [6.45, 7) is 2.55. The third-order valence-corrected chi connectivity index (χ3v) is 6.11. The van der Waals surface area contributed by atoms with Crippen LogP contribution in [-0.2, 0) is 14.6 Å². The second kappa shape index (κ2) is 8.22. The monoisotopic (exact) mass is 409 g/mol. The van der Waals surface area contributed by atoms with E-state index in [4.69, 9.17) is 0 Å². The molecule has 0 aliphatic carbocycles. The number of benzene rings is 1. The minimum absolute atomic E-state index is 0.203. The summed E-state index contributed by atoms with van der Waals surface area (Å²) in [7, 11) is -4.73. The number of alkyl halides is 2. The standard InChI is InChI=1S/C19H21F2N3O3S/c1-13-6-4-10-17(22-13)23-18(25)14-7-5-11-24(12-14)15-8-2-3-9-16(15)28(26,27)19(20)21/h2-4,6,8-10,14,19H,5,7,11-12H2,1H3,(H,22,23,25). The zero-order valence-electron chi connectivity index (χ0n) is 15.3. The fourth-order valence-electron chi connectivity index (χ4n) is 3.31. The van der Waals surface area contributed by atoms with Crippen LogP contribution in [0.4, 0.5) is 20.3 Å². The maximum atomic E-state index is 13.0. The third kappa shape index (κ3) is 4.30. The summed E-state index contributed by atoms with van der Waals surface area (Å²) in [6.07, 6.45) is 1.26. The van der Waals surface area contributed by atoms with Gasteiger partial charge in [0.2, 0.25) is 15.7 Å². The van der Waals surface area contributed by atoms with Gasteiger partial charge in [0, 0.05) is 18.8 Å². The van der Waals surface area contributed by atoms with Crippen molar-refractivity contribution in [3.63, 3.8) is 0 Å². The summed E-state index contributed by atoms with van der Waals surface area (Å²) < 4.78 is 50.1. The number of carbonyl (C=O) groups is 1. The highest BCUT2D eigenvalue weighted by atomic mass is 32.2. The Bertz CT molecular complexity index is 966. The van der Waals surface area contributed by atoms with Crippen molar-refractivity contribution in [1.29, 1.82) is 0 Å². The van der Waals surface area contributed by atoms with Gasteiger partial charge in [-0.1, -0.05) is 18.2 Å². The second-order valence-corrected chi connectivity index (χ2v) is 8.60. The Hall–Kier alpha value is -2.55. The summed E-state index contributed by atoms with van der Waals surface area (Å²) in [5.41, 5.74) is 0.975. The molecular formula is C19H21F2N3O3S. The van der Waals surface area contributed by atoms with Crippen LogP contribution >= 0.6 is 0 Å². The van der Waals surface area contributed by atoms with E-state index in [9.17, 15) is 22.0 Å².